The molecule has 0 aromatic heterocycles. The van der Waals surface area contributed by atoms with Crippen LogP contribution in [0.25, 0.3) is 0 Å². The molecule has 0 spiro atoms. The van der Waals surface area contributed by atoms with E-state index in [0.29, 0.717) is 38.4 Å². The highest BCUT2D eigenvalue weighted by atomic mass is 35.5. The second-order valence-electron chi connectivity index (χ2n) is 14.1. The Labute approximate surface area is 326 Å². The number of carbonyl (C=O) groups is 4. The lowest BCUT2D eigenvalue weighted by atomic mass is 9.56. The number of morpholine rings is 1. The van der Waals surface area contributed by atoms with Crippen molar-refractivity contribution >= 4 is 63.9 Å². The predicted molar refractivity (Wildman–Crippen MR) is 183 cm³/mol. The van der Waals surface area contributed by atoms with E-state index in [0.717, 1.165) is 16.7 Å². The third-order valence-corrected chi connectivity index (χ3v) is 12.7. The van der Waals surface area contributed by atoms with Crippen molar-refractivity contribution in [2.24, 2.45) is 17.8 Å². The maximum absolute atomic E-state index is 15.3. The van der Waals surface area contributed by atoms with E-state index in [1.165, 1.54) is 18.2 Å². The number of allylic oxidation sites excluding steroid dienone is 2. The van der Waals surface area contributed by atoms with E-state index < -0.39 is 127 Å². The van der Waals surface area contributed by atoms with Crippen molar-refractivity contribution in [1.29, 1.82) is 0 Å². The number of alkyl halides is 5. The number of hydrogen-bond acceptors (Lipinski definition) is 8. The molecule has 1 N–H and O–H groups in total. The molecule has 20 heteroatoms. The first kappa shape index (κ1) is 38.9. The van der Waals surface area contributed by atoms with Gasteiger partial charge in [-0.05, 0) is 61.2 Å². The summed E-state index contributed by atoms with van der Waals surface area (Å²) >= 11 is 14.1. The van der Waals surface area contributed by atoms with Gasteiger partial charge in [0.1, 0.15) is 17.2 Å². The first-order chi connectivity index (χ1) is 26.8. The molecule has 3 aromatic rings. The zero-order valence-corrected chi connectivity index (χ0v) is 30.2. The standard InChI is InChI=1S/C37H25Cl2F8N3O7/c38-35-14-21-18(6-7-19-23(21)32(53)49(31(19)52)16-3-1-15(2-4-16)48-9-11-56-12-10-48)24(20-13-17(5-8-22(20)51)57-37(45,46)47)36(35,39)34(55)50(33(35)54)30-28(43)26(41)25(40)27(42)29(30)44/h1-6,8,13,19,21,23-24,51H,7,9-12,14H2/t19-,21+,23-,24+,35+,36-/m0/s1. The highest BCUT2D eigenvalue weighted by Crippen LogP contribution is 2.67. The summed E-state index contributed by atoms with van der Waals surface area (Å²) < 4.78 is 123. The molecule has 300 valence electrons. The number of halogens is 10. The normalized spacial score (nSPS) is 28.7. The van der Waals surface area contributed by atoms with Gasteiger partial charge >= 0.3 is 6.36 Å². The number of rotatable bonds is 5. The summed E-state index contributed by atoms with van der Waals surface area (Å²) in [6.45, 7) is 2.16. The van der Waals surface area contributed by atoms with E-state index in [-0.39, 0.29) is 17.7 Å². The fraction of sp³-hybridized carbons (Fsp3) is 0.351. The summed E-state index contributed by atoms with van der Waals surface area (Å²) in [7, 11) is 0. The molecule has 8 rings (SSSR count). The predicted octanol–water partition coefficient (Wildman–Crippen LogP) is 6.59. The van der Waals surface area contributed by atoms with E-state index in [1.807, 2.05) is 4.90 Å². The van der Waals surface area contributed by atoms with Crippen LogP contribution in [0.15, 0.2) is 54.1 Å². The van der Waals surface area contributed by atoms with Gasteiger partial charge < -0.3 is 19.5 Å². The van der Waals surface area contributed by atoms with E-state index in [9.17, 15) is 50.6 Å². The van der Waals surface area contributed by atoms with E-state index in [4.69, 9.17) is 27.9 Å². The van der Waals surface area contributed by atoms with Crippen LogP contribution in [0.4, 0.5) is 52.2 Å². The number of ether oxygens (including phenoxy) is 2. The van der Waals surface area contributed by atoms with Gasteiger partial charge in [-0.15, -0.1) is 36.4 Å². The van der Waals surface area contributed by atoms with Gasteiger partial charge in [0.25, 0.3) is 11.8 Å². The molecule has 4 fully saturated rings. The molecule has 4 amide bonds. The average molecular weight is 847 g/mol. The number of hydrogen-bond donors (Lipinski definition) is 1. The second-order valence-corrected chi connectivity index (χ2v) is 15.3. The smallest absolute Gasteiger partial charge is 0.508 e. The fourth-order valence-electron chi connectivity index (χ4n) is 8.76. The van der Waals surface area contributed by atoms with Crippen molar-refractivity contribution in [2.75, 3.05) is 41.0 Å². The van der Waals surface area contributed by atoms with Gasteiger partial charge in [-0.3, -0.25) is 24.1 Å². The minimum Gasteiger partial charge on any atom is -0.508 e. The summed E-state index contributed by atoms with van der Waals surface area (Å²) in [4.78, 5) is 53.7. The lowest BCUT2D eigenvalue weighted by Gasteiger charge is -2.50. The van der Waals surface area contributed by atoms with Gasteiger partial charge in [0.2, 0.25) is 17.6 Å². The van der Waals surface area contributed by atoms with Crippen molar-refractivity contribution in [1.82, 2.24) is 0 Å². The van der Waals surface area contributed by atoms with Gasteiger partial charge in [0.05, 0.1) is 30.7 Å². The van der Waals surface area contributed by atoms with E-state index in [2.05, 4.69) is 4.74 Å². The molecule has 57 heavy (non-hydrogen) atoms. The fourth-order valence-corrected chi connectivity index (χ4v) is 9.69. The zero-order chi connectivity index (χ0) is 41.1. The van der Waals surface area contributed by atoms with Gasteiger partial charge in [0.15, 0.2) is 33.0 Å². The summed E-state index contributed by atoms with van der Waals surface area (Å²) in [6, 6.07) is 8.47. The van der Waals surface area contributed by atoms with Crippen LogP contribution >= 0.6 is 23.2 Å². The number of phenols is 1. The largest absolute Gasteiger partial charge is 0.573 e. The van der Waals surface area contributed by atoms with Crippen LogP contribution in [0.5, 0.6) is 11.5 Å². The summed E-state index contributed by atoms with van der Waals surface area (Å²) in [5.74, 6) is -25.9. The number of carbonyl (C=O) groups excluding carboxylic acids is 4. The lowest BCUT2D eigenvalue weighted by molar-refractivity contribution is -0.274. The van der Waals surface area contributed by atoms with Gasteiger partial charge in [-0.2, -0.15) is 0 Å². The number of imide groups is 2. The molecule has 0 bridgehead atoms. The quantitative estimate of drug-likeness (QED) is 0.0765. The average Bonchev–Trinajstić information content (AvgIpc) is 3.51. The molecule has 6 atom stereocenters. The third kappa shape index (κ3) is 5.61. The Morgan fingerprint density at radius 3 is 1.98 bits per heavy atom. The molecule has 1 saturated carbocycles. The molecule has 3 aliphatic heterocycles. The van der Waals surface area contributed by atoms with Crippen molar-refractivity contribution < 1.29 is 68.9 Å². The summed E-state index contributed by atoms with van der Waals surface area (Å²) in [5, 5.41) is 11.1. The Morgan fingerprint density at radius 2 is 1.37 bits per heavy atom. The van der Waals surface area contributed by atoms with Gasteiger partial charge in [-0.1, -0.05) is 11.6 Å². The SMILES string of the molecule is O=C1[C@H]2[C@H](CC=C3[C@H]2C[C@@]2(Cl)C(=O)N(c4c(F)c(F)c(F)c(F)c4F)C(=O)[C@@]2(Cl)[C@H]3c2cc(OC(F)(F)F)ccc2O)C(=O)N1c1ccc(N2CCOCC2)cc1. The number of benzene rings is 3. The number of fused-ring (bicyclic) bond motifs is 4. The topological polar surface area (TPSA) is 117 Å². The lowest BCUT2D eigenvalue weighted by Crippen LogP contribution is -2.60. The van der Waals surface area contributed by atoms with Crippen LogP contribution in [-0.2, 0) is 23.9 Å². The maximum atomic E-state index is 15.3. The number of nitrogens with zero attached hydrogens (tertiary/aromatic N) is 3. The zero-order valence-electron chi connectivity index (χ0n) is 28.7. The number of anilines is 3. The molecule has 0 unspecified atom stereocenters. The number of amides is 4. The summed E-state index contributed by atoms with van der Waals surface area (Å²) in [5.41, 5.74) is -1.84. The van der Waals surface area contributed by atoms with Crippen LogP contribution in [0.1, 0.15) is 24.3 Å². The maximum Gasteiger partial charge on any atom is 0.573 e. The monoisotopic (exact) mass is 845 g/mol. The van der Waals surface area contributed by atoms with Crippen LogP contribution < -0.4 is 19.4 Å². The molecular weight excluding hydrogens is 821 g/mol. The van der Waals surface area contributed by atoms with Crippen LogP contribution in [-0.4, -0.2) is 71.1 Å². The second kappa shape index (κ2) is 13.3. The minimum absolute atomic E-state index is 0.0898. The molecule has 10 nitrogen and oxygen atoms in total. The Balaban J connectivity index is 1.27. The molecule has 3 saturated heterocycles. The molecule has 5 aliphatic rings. The van der Waals surface area contributed by atoms with Gasteiger partial charge in [-0.25, -0.2) is 26.9 Å². The van der Waals surface area contributed by atoms with Crippen molar-refractivity contribution in [3.63, 3.8) is 0 Å². The molecular formula is C37H25Cl2F8N3O7. The van der Waals surface area contributed by atoms with Gasteiger partial charge in [0, 0.05) is 30.3 Å². The van der Waals surface area contributed by atoms with Crippen LogP contribution in [0.2, 0.25) is 0 Å². The Hall–Kier alpha value is -4.94. The molecule has 3 heterocycles. The molecule has 2 aliphatic carbocycles. The van der Waals surface area contributed by atoms with E-state index in [1.54, 1.807) is 12.1 Å². The Kier molecular flexibility index (Phi) is 9.08. The Morgan fingerprint density at radius 1 is 0.772 bits per heavy atom. The highest BCUT2D eigenvalue weighted by Gasteiger charge is 2.77. The minimum atomic E-state index is -5.29. The van der Waals surface area contributed by atoms with Crippen molar-refractivity contribution in [3.05, 3.63) is 88.8 Å². The third-order valence-electron chi connectivity index (χ3n) is 11.2. The van der Waals surface area contributed by atoms with Crippen molar-refractivity contribution in [2.45, 2.75) is 34.9 Å². The van der Waals surface area contributed by atoms with E-state index >= 15 is 8.78 Å². The number of phenolic OH excluding ortho intramolecular Hbond substituents is 1. The highest BCUT2D eigenvalue weighted by molar-refractivity contribution is 6.58. The van der Waals surface area contributed by atoms with Crippen LogP contribution in [0.3, 0.4) is 0 Å². The van der Waals surface area contributed by atoms with Crippen LogP contribution in [0, 0.1) is 46.8 Å². The van der Waals surface area contributed by atoms with Crippen molar-refractivity contribution in [3.8, 4) is 11.5 Å². The molecule has 3 aromatic carbocycles. The first-order valence-electron chi connectivity index (χ1n) is 17.2. The molecule has 0 radical (unpaired) electrons. The first-order valence-corrected chi connectivity index (χ1v) is 17.9. The summed E-state index contributed by atoms with van der Waals surface area (Å²) in [6.07, 6.45) is -5.06. The Bertz CT molecular complexity index is 2280. The number of aromatic hydroxyl groups is 1.